The predicted molar refractivity (Wildman–Crippen MR) is 119 cm³/mol. The van der Waals surface area contributed by atoms with E-state index in [2.05, 4.69) is 15.6 Å². The van der Waals surface area contributed by atoms with Crippen LogP contribution in [0.25, 0.3) is 0 Å². The highest BCUT2D eigenvalue weighted by Crippen LogP contribution is 2.32. The van der Waals surface area contributed by atoms with Crippen molar-refractivity contribution in [2.24, 2.45) is 0 Å². The van der Waals surface area contributed by atoms with Crippen LogP contribution >= 0.6 is 11.3 Å². The van der Waals surface area contributed by atoms with E-state index < -0.39 is 23.4 Å². The molecule has 1 unspecified atom stereocenters. The number of carbonyl (C=O) groups excluding carboxylic acids is 3. The van der Waals surface area contributed by atoms with Gasteiger partial charge in [-0.25, -0.2) is 9.78 Å². The summed E-state index contributed by atoms with van der Waals surface area (Å²) in [5, 5.41) is 5.91. The van der Waals surface area contributed by atoms with E-state index in [-0.39, 0.29) is 6.54 Å². The van der Waals surface area contributed by atoms with Gasteiger partial charge in [0.2, 0.25) is 5.91 Å². The van der Waals surface area contributed by atoms with Gasteiger partial charge in [-0.2, -0.15) is 0 Å². The van der Waals surface area contributed by atoms with Gasteiger partial charge in [0, 0.05) is 17.5 Å². The molecule has 0 saturated carbocycles. The van der Waals surface area contributed by atoms with Gasteiger partial charge in [-0.05, 0) is 17.5 Å². The van der Waals surface area contributed by atoms with Crippen molar-refractivity contribution in [1.29, 1.82) is 0 Å². The zero-order valence-electron chi connectivity index (χ0n) is 17.0. The number of aromatic nitrogens is 1. The van der Waals surface area contributed by atoms with Crippen molar-refractivity contribution in [3.8, 4) is 0 Å². The number of hydrogen-bond donors (Lipinski definition) is 2. The number of rotatable bonds is 7. The van der Waals surface area contributed by atoms with Gasteiger partial charge in [0.05, 0.1) is 0 Å². The van der Waals surface area contributed by atoms with Crippen LogP contribution in [0.2, 0.25) is 0 Å². The van der Waals surface area contributed by atoms with Gasteiger partial charge in [-0.15, -0.1) is 11.3 Å². The third-order valence-corrected chi connectivity index (χ3v) is 6.21. The van der Waals surface area contributed by atoms with Crippen LogP contribution in [-0.4, -0.2) is 34.3 Å². The van der Waals surface area contributed by atoms with Gasteiger partial charge in [0.25, 0.3) is 5.91 Å². The topological polar surface area (TPSA) is 91.4 Å². The number of amides is 4. The number of imide groups is 1. The minimum absolute atomic E-state index is 0.368. The highest BCUT2D eigenvalue weighted by molar-refractivity contribution is 7.15. The lowest BCUT2D eigenvalue weighted by atomic mass is 9.87. The lowest BCUT2D eigenvalue weighted by Gasteiger charge is -2.25. The lowest BCUT2D eigenvalue weighted by Crippen LogP contribution is -2.44. The van der Waals surface area contributed by atoms with Crippen LogP contribution in [0.1, 0.15) is 29.3 Å². The van der Waals surface area contributed by atoms with E-state index in [1.807, 2.05) is 55.5 Å². The van der Waals surface area contributed by atoms with Crippen LogP contribution in [0, 0.1) is 0 Å². The highest BCUT2D eigenvalue weighted by atomic mass is 32.1. The number of anilines is 1. The van der Waals surface area contributed by atoms with E-state index in [9.17, 15) is 14.4 Å². The number of hydrogen-bond acceptors (Lipinski definition) is 5. The molecule has 7 nitrogen and oxygen atoms in total. The molecule has 1 aliphatic rings. The molecule has 4 amide bonds. The van der Waals surface area contributed by atoms with Crippen LogP contribution in [0.15, 0.2) is 66.9 Å². The number of carbonyl (C=O) groups is 3. The maximum absolute atomic E-state index is 13.1. The molecule has 0 bridgehead atoms. The molecule has 0 radical (unpaired) electrons. The van der Waals surface area contributed by atoms with Gasteiger partial charge in [0.1, 0.15) is 12.1 Å². The molecular weight excluding hydrogens is 412 g/mol. The Hall–Kier alpha value is -3.52. The number of nitrogens with one attached hydrogen (secondary N) is 2. The molecule has 0 aliphatic carbocycles. The maximum atomic E-state index is 13.1. The fourth-order valence-corrected chi connectivity index (χ4v) is 4.54. The quantitative estimate of drug-likeness (QED) is 0.557. The molecule has 2 aromatic carbocycles. The largest absolute Gasteiger partial charge is 0.325 e. The average Bonchev–Trinajstić information content (AvgIpc) is 3.32. The van der Waals surface area contributed by atoms with Gasteiger partial charge < -0.3 is 10.6 Å². The van der Waals surface area contributed by atoms with Crippen LogP contribution in [-0.2, 0) is 21.5 Å². The van der Waals surface area contributed by atoms with Crippen molar-refractivity contribution in [2.45, 2.75) is 25.3 Å². The van der Waals surface area contributed by atoms with Crippen LogP contribution in [0.4, 0.5) is 9.93 Å². The predicted octanol–water partition coefficient (Wildman–Crippen LogP) is 3.53. The Balaban J connectivity index is 1.42. The zero-order chi connectivity index (χ0) is 21.8. The SMILES string of the molecule is CCC1(c2ccccc2)NC(=O)N(CC(=O)Nc2ncc(Cc3ccccc3)s2)C1=O. The third kappa shape index (κ3) is 4.20. The molecular formula is C23H22N4O3S. The minimum Gasteiger partial charge on any atom is -0.319 e. The molecule has 1 atom stereocenters. The number of nitrogens with zero attached hydrogens (tertiary/aromatic N) is 2. The van der Waals surface area contributed by atoms with Crippen molar-refractivity contribution < 1.29 is 14.4 Å². The van der Waals surface area contributed by atoms with Crippen LogP contribution in [0.3, 0.4) is 0 Å². The summed E-state index contributed by atoms with van der Waals surface area (Å²) in [6.45, 7) is 1.46. The first-order chi connectivity index (χ1) is 15.0. The fourth-order valence-electron chi connectivity index (χ4n) is 3.68. The Morgan fingerprint density at radius 2 is 1.77 bits per heavy atom. The van der Waals surface area contributed by atoms with Crippen LogP contribution in [0.5, 0.6) is 0 Å². The number of benzene rings is 2. The molecule has 2 N–H and O–H groups in total. The summed E-state index contributed by atoms with van der Waals surface area (Å²) >= 11 is 1.37. The maximum Gasteiger partial charge on any atom is 0.325 e. The first-order valence-corrected chi connectivity index (χ1v) is 10.8. The number of thiazole rings is 1. The lowest BCUT2D eigenvalue weighted by molar-refractivity contribution is -0.134. The summed E-state index contributed by atoms with van der Waals surface area (Å²) < 4.78 is 0. The minimum atomic E-state index is -1.15. The fraction of sp³-hybridized carbons (Fsp3) is 0.217. The first kappa shape index (κ1) is 20.7. The molecule has 1 fully saturated rings. The Bertz CT molecular complexity index is 1100. The summed E-state index contributed by atoms with van der Waals surface area (Å²) in [6.07, 6.45) is 2.82. The molecule has 31 heavy (non-hydrogen) atoms. The first-order valence-electron chi connectivity index (χ1n) is 10.00. The molecule has 1 aromatic heterocycles. The summed E-state index contributed by atoms with van der Waals surface area (Å²) in [4.78, 5) is 44.4. The molecule has 2 heterocycles. The van der Waals surface area contributed by atoms with E-state index in [4.69, 9.17) is 0 Å². The van der Waals surface area contributed by atoms with Gasteiger partial charge >= 0.3 is 6.03 Å². The van der Waals surface area contributed by atoms with Gasteiger partial charge in [-0.1, -0.05) is 67.6 Å². The Morgan fingerprint density at radius 3 is 2.45 bits per heavy atom. The molecule has 4 rings (SSSR count). The Labute approximate surface area is 184 Å². The smallest absolute Gasteiger partial charge is 0.319 e. The standard InChI is InChI=1S/C23H22N4O3S/c1-2-23(17-11-7-4-8-12-17)20(29)27(22(30)26-23)15-19(28)25-21-24-14-18(31-21)13-16-9-5-3-6-10-16/h3-12,14H,2,13,15H2,1H3,(H,26,30)(H,24,25,28). The van der Waals surface area contributed by atoms with E-state index in [0.29, 0.717) is 17.1 Å². The van der Waals surface area contributed by atoms with Gasteiger partial charge in [-0.3, -0.25) is 14.5 Å². The normalized spacial score (nSPS) is 18.2. The molecule has 1 aliphatic heterocycles. The molecule has 8 heteroatoms. The van der Waals surface area contributed by atoms with Crippen molar-refractivity contribution in [1.82, 2.24) is 15.2 Å². The van der Waals surface area contributed by atoms with Crippen molar-refractivity contribution in [3.05, 3.63) is 82.9 Å². The Kier molecular flexibility index (Phi) is 5.81. The second-order valence-corrected chi connectivity index (χ2v) is 8.40. The molecule has 158 valence electrons. The molecule has 1 saturated heterocycles. The van der Waals surface area contributed by atoms with E-state index in [1.165, 1.54) is 11.3 Å². The zero-order valence-corrected chi connectivity index (χ0v) is 17.8. The third-order valence-electron chi connectivity index (χ3n) is 5.30. The molecule has 0 spiro atoms. The summed E-state index contributed by atoms with van der Waals surface area (Å²) in [6, 6.07) is 18.5. The van der Waals surface area contributed by atoms with Crippen molar-refractivity contribution in [3.63, 3.8) is 0 Å². The summed E-state index contributed by atoms with van der Waals surface area (Å²) in [5.41, 5.74) is 0.701. The van der Waals surface area contributed by atoms with Gasteiger partial charge in [0.15, 0.2) is 5.13 Å². The van der Waals surface area contributed by atoms with Crippen LogP contribution < -0.4 is 10.6 Å². The molecule has 3 aromatic rings. The monoisotopic (exact) mass is 434 g/mol. The second kappa shape index (κ2) is 8.69. The van der Waals surface area contributed by atoms with Crippen molar-refractivity contribution in [2.75, 3.05) is 11.9 Å². The highest BCUT2D eigenvalue weighted by Gasteiger charge is 2.51. The Morgan fingerprint density at radius 1 is 1.10 bits per heavy atom. The number of urea groups is 1. The summed E-state index contributed by atoms with van der Waals surface area (Å²) in [7, 11) is 0. The average molecular weight is 435 g/mol. The van der Waals surface area contributed by atoms with Crippen molar-refractivity contribution >= 4 is 34.3 Å². The summed E-state index contributed by atoms with van der Waals surface area (Å²) in [5.74, 6) is -0.894. The van der Waals surface area contributed by atoms with E-state index in [1.54, 1.807) is 18.3 Å². The van der Waals surface area contributed by atoms with E-state index >= 15 is 0 Å². The van der Waals surface area contributed by atoms with E-state index in [0.717, 1.165) is 21.8 Å². The second-order valence-electron chi connectivity index (χ2n) is 7.29.